The molecular weight excluding hydrogens is 496 g/mol. The van der Waals surface area contributed by atoms with Crippen LogP contribution < -0.4 is 10.6 Å². The molecule has 1 saturated heterocycles. The Morgan fingerprint density at radius 3 is 2.40 bits per heavy atom. The number of halogens is 2. The van der Waals surface area contributed by atoms with E-state index in [9.17, 15) is 4.39 Å². The van der Waals surface area contributed by atoms with Crippen LogP contribution in [-0.4, -0.2) is 32.3 Å². The molecule has 164 valence electrons. The SMILES string of the molecule is CN=C(NCc1cccc(COC2CCOCC2)c1)NCc1ccc(F)c(C)c1.I. The van der Waals surface area contributed by atoms with E-state index in [4.69, 9.17) is 9.47 Å². The number of nitrogens with zero attached hydrogens (tertiary/aromatic N) is 1. The van der Waals surface area contributed by atoms with E-state index in [0.29, 0.717) is 37.3 Å². The Balaban J connectivity index is 0.00000320. The summed E-state index contributed by atoms with van der Waals surface area (Å²) in [4.78, 5) is 4.26. The van der Waals surface area contributed by atoms with E-state index in [1.807, 2.05) is 6.07 Å². The van der Waals surface area contributed by atoms with Crippen LogP contribution in [0.3, 0.4) is 0 Å². The van der Waals surface area contributed by atoms with Gasteiger partial charge in [0, 0.05) is 33.4 Å². The van der Waals surface area contributed by atoms with Gasteiger partial charge in [0.25, 0.3) is 0 Å². The number of aryl methyl sites for hydroxylation is 1. The molecule has 0 aliphatic carbocycles. The smallest absolute Gasteiger partial charge is 0.191 e. The third-order valence-electron chi connectivity index (χ3n) is 5.01. The third-order valence-corrected chi connectivity index (χ3v) is 5.01. The molecule has 0 amide bonds. The number of rotatable bonds is 7. The van der Waals surface area contributed by atoms with Crippen molar-refractivity contribution in [1.29, 1.82) is 0 Å². The third kappa shape index (κ3) is 7.85. The van der Waals surface area contributed by atoms with Gasteiger partial charge in [0.05, 0.1) is 12.7 Å². The van der Waals surface area contributed by atoms with Crippen LogP contribution in [0, 0.1) is 12.7 Å². The lowest BCUT2D eigenvalue weighted by molar-refractivity contribution is -0.0390. The highest BCUT2D eigenvalue weighted by molar-refractivity contribution is 14.0. The van der Waals surface area contributed by atoms with Crippen LogP contribution in [0.4, 0.5) is 4.39 Å². The number of nitrogens with one attached hydrogen (secondary N) is 2. The summed E-state index contributed by atoms with van der Waals surface area (Å²) < 4.78 is 24.8. The first-order valence-corrected chi connectivity index (χ1v) is 10.1. The number of hydrogen-bond acceptors (Lipinski definition) is 3. The first kappa shape index (κ1) is 24.6. The minimum atomic E-state index is -0.183. The fraction of sp³-hybridized carbons (Fsp3) is 0.435. The highest BCUT2D eigenvalue weighted by Gasteiger charge is 2.14. The second kappa shape index (κ2) is 12.9. The lowest BCUT2D eigenvalue weighted by Crippen LogP contribution is -2.36. The fourth-order valence-corrected chi connectivity index (χ4v) is 3.30. The molecule has 0 atom stereocenters. The number of aliphatic imine (C=N–C) groups is 1. The average Bonchev–Trinajstić information content (AvgIpc) is 2.76. The van der Waals surface area contributed by atoms with Gasteiger partial charge in [0.1, 0.15) is 5.82 Å². The fourth-order valence-electron chi connectivity index (χ4n) is 3.30. The van der Waals surface area contributed by atoms with E-state index in [0.717, 1.165) is 31.6 Å². The number of benzene rings is 2. The standard InChI is InChI=1S/C23H30FN3O2.HI/c1-17-12-19(6-7-22(17)24)15-27-23(25-2)26-14-18-4-3-5-20(13-18)16-29-21-8-10-28-11-9-21;/h3-7,12-13,21H,8-11,14-16H2,1-2H3,(H2,25,26,27);1H. The van der Waals surface area contributed by atoms with Gasteiger partial charge in [-0.1, -0.05) is 36.4 Å². The summed E-state index contributed by atoms with van der Waals surface area (Å²) in [6.07, 6.45) is 2.23. The van der Waals surface area contributed by atoms with Gasteiger partial charge in [-0.3, -0.25) is 4.99 Å². The lowest BCUT2D eigenvalue weighted by atomic mass is 10.1. The molecule has 0 radical (unpaired) electrons. The molecule has 7 heteroatoms. The molecule has 2 N–H and O–H groups in total. The van der Waals surface area contributed by atoms with Gasteiger partial charge in [-0.2, -0.15) is 0 Å². The van der Waals surface area contributed by atoms with Crippen LogP contribution >= 0.6 is 24.0 Å². The highest BCUT2D eigenvalue weighted by atomic mass is 127. The Kier molecular flexibility index (Phi) is 10.5. The summed E-state index contributed by atoms with van der Waals surface area (Å²) in [6.45, 7) is 5.21. The Labute approximate surface area is 195 Å². The average molecular weight is 527 g/mol. The van der Waals surface area contributed by atoms with E-state index in [2.05, 4.69) is 39.9 Å². The minimum Gasteiger partial charge on any atom is -0.381 e. The first-order valence-electron chi connectivity index (χ1n) is 10.1. The van der Waals surface area contributed by atoms with Gasteiger partial charge in [-0.25, -0.2) is 4.39 Å². The molecule has 1 heterocycles. The number of guanidine groups is 1. The zero-order valence-electron chi connectivity index (χ0n) is 17.6. The molecular formula is C23H31FIN3O2. The number of hydrogen-bond donors (Lipinski definition) is 2. The van der Waals surface area contributed by atoms with Crippen molar-refractivity contribution in [2.45, 2.75) is 45.6 Å². The van der Waals surface area contributed by atoms with Gasteiger partial charge in [0.15, 0.2) is 5.96 Å². The maximum absolute atomic E-state index is 13.4. The van der Waals surface area contributed by atoms with Gasteiger partial charge in [-0.15, -0.1) is 24.0 Å². The van der Waals surface area contributed by atoms with Crippen LogP contribution in [0.2, 0.25) is 0 Å². The van der Waals surface area contributed by atoms with E-state index < -0.39 is 0 Å². The molecule has 0 unspecified atom stereocenters. The van der Waals surface area contributed by atoms with Gasteiger partial charge in [-0.05, 0) is 48.1 Å². The first-order chi connectivity index (χ1) is 14.1. The van der Waals surface area contributed by atoms with E-state index in [-0.39, 0.29) is 29.8 Å². The van der Waals surface area contributed by atoms with Crippen molar-refractivity contribution < 1.29 is 13.9 Å². The highest BCUT2D eigenvalue weighted by Crippen LogP contribution is 2.14. The Morgan fingerprint density at radius 1 is 1.07 bits per heavy atom. The molecule has 3 rings (SSSR count). The maximum atomic E-state index is 13.4. The van der Waals surface area contributed by atoms with E-state index in [1.54, 1.807) is 20.0 Å². The molecule has 5 nitrogen and oxygen atoms in total. The molecule has 2 aromatic rings. The summed E-state index contributed by atoms with van der Waals surface area (Å²) in [7, 11) is 1.74. The van der Waals surface area contributed by atoms with Crippen molar-refractivity contribution in [3.63, 3.8) is 0 Å². The Bertz CT molecular complexity index is 826. The van der Waals surface area contributed by atoms with Crippen LogP contribution in [-0.2, 0) is 29.2 Å². The molecule has 1 fully saturated rings. The summed E-state index contributed by atoms with van der Waals surface area (Å²) in [5.74, 6) is 0.521. The summed E-state index contributed by atoms with van der Waals surface area (Å²) in [5, 5.41) is 6.59. The normalized spacial score (nSPS) is 14.8. The Morgan fingerprint density at radius 2 is 1.73 bits per heavy atom. The lowest BCUT2D eigenvalue weighted by Gasteiger charge is -2.22. The molecule has 30 heavy (non-hydrogen) atoms. The zero-order chi connectivity index (χ0) is 20.5. The summed E-state index contributed by atoms with van der Waals surface area (Å²) in [5.41, 5.74) is 3.99. The molecule has 1 aliphatic rings. The number of ether oxygens (including phenoxy) is 2. The van der Waals surface area contributed by atoms with Crippen LogP contribution in [0.1, 0.15) is 35.1 Å². The quantitative estimate of drug-likeness (QED) is 0.320. The molecule has 1 aliphatic heterocycles. The van der Waals surface area contributed by atoms with Crippen molar-refractivity contribution in [2.24, 2.45) is 4.99 Å². The predicted octanol–water partition coefficient (Wildman–Crippen LogP) is 4.31. The van der Waals surface area contributed by atoms with Crippen molar-refractivity contribution in [1.82, 2.24) is 10.6 Å². The van der Waals surface area contributed by atoms with E-state index in [1.165, 1.54) is 17.2 Å². The summed E-state index contributed by atoms with van der Waals surface area (Å²) >= 11 is 0. The monoisotopic (exact) mass is 527 g/mol. The molecule has 0 bridgehead atoms. The van der Waals surface area contributed by atoms with Crippen LogP contribution in [0.25, 0.3) is 0 Å². The second-order valence-corrected chi connectivity index (χ2v) is 7.31. The Hall–Kier alpha value is -1.71. The molecule has 0 spiro atoms. The molecule has 2 aromatic carbocycles. The van der Waals surface area contributed by atoms with Gasteiger partial charge < -0.3 is 20.1 Å². The van der Waals surface area contributed by atoms with Crippen LogP contribution in [0.15, 0.2) is 47.5 Å². The van der Waals surface area contributed by atoms with Crippen molar-refractivity contribution in [2.75, 3.05) is 20.3 Å². The largest absolute Gasteiger partial charge is 0.381 e. The van der Waals surface area contributed by atoms with Crippen LogP contribution in [0.5, 0.6) is 0 Å². The molecule has 0 saturated carbocycles. The van der Waals surface area contributed by atoms with Gasteiger partial charge in [0.2, 0.25) is 0 Å². The minimum absolute atomic E-state index is 0. The van der Waals surface area contributed by atoms with Crippen molar-refractivity contribution in [3.8, 4) is 0 Å². The van der Waals surface area contributed by atoms with Crippen molar-refractivity contribution >= 4 is 29.9 Å². The van der Waals surface area contributed by atoms with E-state index >= 15 is 0 Å². The van der Waals surface area contributed by atoms with Gasteiger partial charge >= 0.3 is 0 Å². The van der Waals surface area contributed by atoms with Crippen molar-refractivity contribution in [3.05, 3.63) is 70.5 Å². The topological polar surface area (TPSA) is 54.9 Å². The zero-order valence-corrected chi connectivity index (χ0v) is 19.9. The summed E-state index contributed by atoms with van der Waals surface area (Å²) in [6, 6.07) is 13.5. The second-order valence-electron chi connectivity index (χ2n) is 7.31. The predicted molar refractivity (Wildman–Crippen MR) is 129 cm³/mol. The maximum Gasteiger partial charge on any atom is 0.191 e. The molecule has 0 aromatic heterocycles.